The summed E-state index contributed by atoms with van der Waals surface area (Å²) >= 11 is 3.38. The SMILES string of the molecule is Cc1nc(Br)cc(N(CCO)C2CCC2)n1. The van der Waals surface area contributed by atoms with Crippen molar-refractivity contribution < 1.29 is 5.11 Å². The molecule has 0 aliphatic heterocycles. The first kappa shape index (κ1) is 11.8. The number of rotatable bonds is 4. The molecule has 5 heteroatoms. The molecule has 1 heterocycles. The molecule has 1 aromatic heterocycles. The Hall–Kier alpha value is -0.680. The van der Waals surface area contributed by atoms with Crippen molar-refractivity contribution in [3.05, 3.63) is 16.5 Å². The van der Waals surface area contributed by atoms with Gasteiger partial charge in [-0.05, 0) is 42.1 Å². The van der Waals surface area contributed by atoms with Gasteiger partial charge in [-0.15, -0.1) is 0 Å². The average Bonchev–Trinajstić information content (AvgIpc) is 2.12. The van der Waals surface area contributed by atoms with Crippen molar-refractivity contribution in [1.82, 2.24) is 9.97 Å². The number of hydrogen-bond acceptors (Lipinski definition) is 4. The molecule has 1 fully saturated rings. The second-order valence-corrected chi connectivity index (χ2v) is 4.91. The summed E-state index contributed by atoms with van der Waals surface area (Å²) in [5, 5.41) is 9.11. The Kier molecular flexibility index (Phi) is 3.76. The Balaban J connectivity index is 2.22. The molecule has 88 valence electrons. The summed E-state index contributed by atoms with van der Waals surface area (Å²) < 4.78 is 0.803. The first-order valence-corrected chi connectivity index (χ1v) is 6.38. The third-order valence-corrected chi connectivity index (χ3v) is 3.35. The number of aliphatic hydroxyl groups excluding tert-OH is 1. The van der Waals surface area contributed by atoms with E-state index in [0.29, 0.717) is 12.6 Å². The highest BCUT2D eigenvalue weighted by molar-refractivity contribution is 9.10. The fraction of sp³-hybridized carbons (Fsp3) is 0.636. The van der Waals surface area contributed by atoms with Crippen LogP contribution in [0.5, 0.6) is 0 Å². The predicted molar refractivity (Wildman–Crippen MR) is 66.5 cm³/mol. The van der Waals surface area contributed by atoms with Crippen molar-refractivity contribution in [2.45, 2.75) is 32.2 Å². The van der Waals surface area contributed by atoms with Gasteiger partial charge in [0.1, 0.15) is 16.2 Å². The van der Waals surface area contributed by atoms with Crippen molar-refractivity contribution in [1.29, 1.82) is 0 Å². The minimum atomic E-state index is 0.164. The van der Waals surface area contributed by atoms with Gasteiger partial charge in [0.2, 0.25) is 0 Å². The van der Waals surface area contributed by atoms with Crippen LogP contribution in [-0.4, -0.2) is 34.3 Å². The maximum Gasteiger partial charge on any atom is 0.133 e. The van der Waals surface area contributed by atoms with Crippen LogP contribution < -0.4 is 4.90 Å². The summed E-state index contributed by atoms with van der Waals surface area (Å²) in [6, 6.07) is 2.45. The summed E-state index contributed by atoms with van der Waals surface area (Å²) in [6.07, 6.45) is 3.67. The van der Waals surface area contributed by atoms with Crippen LogP contribution in [0.3, 0.4) is 0 Å². The highest BCUT2D eigenvalue weighted by Gasteiger charge is 2.25. The molecule has 0 saturated heterocycles. The van der Waals surface area contributed by atoms with Gasteiger partial charge in [0.25, 0.3) is 0 Å². The molecular weight excluding hydrogens is 270 g/mol. The lowest BCUT2D eigenvalue weighted by molar-refractivity contribution is 0.283. The van der Waals surface area contributed by atoms with E-state index in [9.17, 15) is 0 Å². The average molecular weight is 286 g/mol. The molecule has 1 saturated carbocycles. The van der Waals surface area contributed by atoms with E-state index >= 15 is 0 Å². The third kappa shape index (κ3) is 2.52. The molecule has 1 aromatic rings. The summed E-state index contributed by atoms with van der Waals surface area (Å²) in [6.45, 7) is 2.69. The van der Waals surface area contributed by atoms with Gasteiger partial charge in [-0.1, -0.05) is 0 Å². The topological polar surface area (TPSA) is 49.2 Å². The van der Waals surface area contributed by atoms with Crippen LogP contribution in [-0.2, 0) is 0 Å². The van der Waals surface area contributed by atoms with Crippen molar-refractivity contribution in [3.63, 3.8) is 0 Å². The van der Waals surface area contributed by atoms with Crippen molar-refractivity contribution in [3.8, 4) is 0 Å². The first-order chi connectivity index (χ1) is 7.70. The lowest BCUT2D eigenvalue weighted by Gasteiger charge is -2.38. The zero-order chi connectivity index (χ0) is 11.5. The highest BCUT2D eigenvalue weighted by Crippen LogP contribution is 2.29. The van der Waals surface area contributed by atoms with E-state index < -0.39 is 0 Å². The molecule has 0 unspecified atom stereocenters. The van der Waals surface area contributed by atoms with Gasteiger partial charge in [0.15, 0.2) is 0 Å². The fourth-order valence-corrected chi connectivity index (χ4v) is 2.42. The van der Waals surface area contributed by atoms with E-state index in [0.717, 1.165) is 16.2 Å². The number of aliphatic hydroxyl groups is 1. The summed E-state index contributed by atoms with van der Waals surface area (Å²) in [7, 11) is 0. The van der Waals surface area contributed by atoms with E-state index in [1.165, 1.54) is 19.3 Å². The second kappa shape index (κ2) is 5.10. The van der Waals surface area contributed by atoms with Crippen LogP contribution >= 0.6 is 15.9 Å². The molecule has 0 amide bonds. The normalized spacial score (nSPS) is 15.9. The van der Waals surface area contributed by atoms with E-state index in [4.69, 9.17) is 5.11 Å². The lowest BCUT2D eigenvalue weighted by atomic mass is 9.91. The quantitative estimate of drug-likeness (QED) is 0.859. The standard InChI is InChI=1S/C11H16BrN3O/c1-8-13-10(12)7-11(14-8)15(5-6-16)9-3-2-4-9/h7,9,16H,2-6H2,1H3. The van der Waals surface area contributed by atoms with E-state index in [1.807, 2.05) is 13.0 Å². The Morgan fingerprint density at radius 2 is 2.25 bits per heavy atom. The summed E-state index contributed by atoms with van der Waals surface area (Å²) in [5.74, 6) is 1.67. The van der Waals surface area contributed by atoms with Crippen LogP contribution in [0.1, 0.15) is 25.1 Å². The minimum absolute atomic E-state index is 0.164. The van der Waals surface area contributed by atoms with E-state index in [-0.39, 0.29) is 6.61 Å². The molecular formula is C11H16BrN3O. The molecule has 1 N–H and O–H groups in total. The van der Waals surface area contributed by atoms with E-state index in [1.54, 1.807) is 0 Å². The number of hydrogen-bond donors (Lipinski definition) is 1. The van der Waals surface area contributed by atoms with Crippen molar-refractivity contribution in [2.24, 2.45) is 0 Å². The van der Waals surface area contributed by atoms with Crippen LogP contribution in [0.15, 0.2) is 10.7 Å². The van der Waals surface area contributed by atoms with Crippen LogP contribution in [0, 0.1) is 6.92 Å². The van der Waals surface area contributed by atoms with Gasteiger partial charge >= 0.3 is 0 Å². The molecule has 1 aliphatic rings. The van der Waals surface area contributed by atoms with Gasteiger partial charge in [0, 0.05) is 18.7 Å². The number of aromatic nitrogens is 2. The predicted octanol–water partition coefficient (Wildman–Crippen LogP) is 1.90. The number of aryl methyl sites for hydroxylation is 1. The van der Waals surface area contributed by atoms with Gasteiger partial charge in [-0.3, -0.25) is 0 Å². The summed E-state index contributed by atoms with van der Waals surface area (Å²) in [4.78, 5) is 10.8. The maximum atomic E-state index is 9.11. The maximum absolute atomic E-state index is 9.11. The van der Waals surface area contributed by atoms with Crippen molar-refractivity contribution in [2.75, 3.05) is 18.1 Å². The first-order valence-electron chi connectivity index (χ1n) is 5.59. The van der Waals surface area contributed by atoms with Crippen LogP contribution in [0.25, 0.3) is 0 Å². The molecule has 16 heavy (non-hydrogen) atoms. The largest absolute Gasteiger partial charge is 0.395 e. The molecule has 0 radical (unpaired) electrons. The minimum Gasteiger partial charge on any atom is -0.395 e. The molecule has 0 aromatic carbocycles. The molecule has 0 spiro atoms. The number of nitrogens with zero attached hydrogens (tertiary/aromatic N) is 3. The Morgan fingerprint density at radius 1 is 1.50 bits per heavy atom. The Morgan fingerprint density at radius 3 is 2.75 bits per heavy atom. The molecule has 0 atom stereocenters. The highest BCUT2D eigenvalue weighted by atomic mass is 79.9. The van der Waals surface area contributed by atoms with Gasteiger partial charge < -0.3 is 10.0 Å². The Bertz CT molecular complexity index is 348. The fourth-order valence-electron chi connectivity index (χ4n) is 1.95. The number of anilines is 1. The molecule has 4 nitrogen and oxygen atoms in total. The number of halogens is 1. The Labute approximate surface area is 104 Å². The molecule has 2 rings (SSSR count). The zero-order valence-electron chi connectivity index (χ0n) is 9.36. The van der Waals surface area contributed by atoms with Gasteiger partial charge in [0.05, 0.1) is 6.61 Å². The van der Waals surface area contributed by atoms with Gasteiger partial charge in [-0.2, -0.15) is 0 Å². The lowest BCUT2D eigenvalue weighted by Crippen LogP contribution is -2.42. The van der Waals surface area contributed by atoms with Crippen molar-refractivity contribution >= 4 is 21.7 Å². The summed E-state index contributed by atoms with van der Waals surface area (Å²) in [5.41, 5.74) is 0. The smallest absolute Gasteiger partial charge is 0.133 e. The van der Waals surface area contributed by atoms with Crippen LogP contribution in [0.4, 0.5) is 5.82 Å². The molecule has 0 bridgehead atoms. The van der Waals surface area contributed by atoms with Crippen LogP contribution in [0.2, 0.25) is 0 Å². The zero-order valence-corrected chi connectivity index (χ0v) is 10.9. The molecule has 1 aliphatic carbocycles. The second-order valence-electron chi connectivity index (χ2n) is 4.10. The van der Waals surface area contributed by atoms with E-state index in [2.05, 4.69) is 30.8 Å². The van der Waals surface area contributed by atoms with Gasteiger partial charge in [-0.25, -0.2) is 9.97 Å². The monoisotopic (exact) mass is 285 g/mol. The third-order valence-electron chi connectivity index (χ3n) is 2.94.